The second-order valence-corrected chi connectivity index (χ2v) is 6.59. The van der Waals surface area contributed by atoms with Crippen LogP contribution in [0.4, 0.5) is 0 Å². The quantitative estimate of drug-likeness (QED) is 0.835. The van der Waals surface area contributed by atoms with Crippen molar-refractivity contribution in [2.24, 2.45) is 5.41 Å². The van der Waals surface area contributed by atoms with Crippen LogP contribution in [0.3, 0.4) is 0 Å². The van der Waals surface area contributed by atoms with E-state index in [1.807, 2.05) is 0 Å². The number of rotatable bonds is 4. The van der Waals surface area contributed by atoms with Crippen molar-refractivity contribution in [3.8, 4) is 0 Å². The highest BCUT2D eigenvalue weighted by atomic mass is 16.5. The van der Waals surface area contributed by atoms with Gasteiger partial charge in [0.25, 0.3) is 0 Å². The fourth-order valence-corrected chi connectivity index (χ4v) is 4.22. The van der Waals surface area contributed by atoms with Crippen molar-refractivity contribution in [1.29, 1.82) is 0 Å². The number of hydrazine groups is 1. The van der Waals surface area contributed by atoms with E-state index < -0.39 is 0 Å². The Morgan fingerprint density at radius 3 is 2.47 bits per heavy atom. The van der Waals surface area contributed by atoms with E-state index in [0.717, 1.165) is 19.7 Å². The molecule has 3 fully saturated rings. The number of piperazine rings is 1. The van der Waals surface area contributed by atoms with Gasteiger partial charge < -0.3 is 9.64 Å². The molecule has 0 aromatic heterocycles. The Balaban J connectivity index is 1.56. The smallest absolute Gasteiger partial charge is 0.0662 e. The molecule has 0 amide bonds. The first-order valence-corrected chi connectivity index (χ1v) is 8.06. The molecule has 2 aliphatic carbocycles. The molecular weight excluding hydrogens is 238 g/mol. The molecule has 4 heteroatoms. The maximum atomic E-state index is 5.99. The highest BCUT2D eigenvalue weighted by Gasteiger charge is 2.56. The molecule has 1 aliphatic heterocycles. The van der Waals surface area contributed by atoms with Crippen LogP contribution in [0, 0.1) is 5.41 Å². The molecule has 0 radical (unpaired) electrons. The van der Waals surface area contributed by atoms with Gasteiger partial charge in [0.2, 0.25) is 0 Å². The van der Waals surface area contributed by atoms with Gasteiger partial charge >= 0.3 is 0 Å². The third-order valence-electron chi connectivity index (χ3n) is 5.53. The minimum absolute atomic E-state index is 0.458. The van der Waals surface area contributed by atoms with Gasteiger partial charge in [-0.15, -0.1) is 0 Å². The second-order valence-electron chi connectivity index (χ2n) is 6.59. The lowest BCUT2D eigenvalue weighted by molar-refractivity contribution is -0.148. The summed E-state index contributed by atoms with van der Waals surface area (Å²) in [6, 6.07) is 0.662. The van der Waals surface area contributed by atoms with Crippen LogP contribution in [0.15, 0.2) is 0 Å². The summed E-state index contributed by atoms with van der Waals surface area (Å²) in [5.41, 5.74) is 4.28. The average Bonchev–Trinajstić information content (AvgIpc) is 2.92. The highest BCUT2D eigenvalue weighted by Crippen LogP contribution is 2.54. The van der Waals surface area contributed by atoms with Crippen LogP contribution >= 0.6 is 0 Å². The van der Waals surface area contributed by atoms with Gasteiger partial charge in [0.05, 0.1) is 6.10 Å². The summed E-state index contributed by atoms with van der Waals surface area (Å²) in [7, 11) is 2.21. The molecule has 0 aromatic rings. The molecule has 1 spiro atoms. The monoisotopic (exact) mass is 267 g/mol. The van der Waals surface area contributed by atoms with E-state index >= 15 is 0 Å². The molecular formula is C15H29N3O. The average molecular weight is 267 g/mol. The van der Waals surface area contributed by atoms with Gasteiger partial charge in [-0.2, -0.15) is 0 Å². The summed E-state index contributed by atoms with van der Waals surface area (Å²) < 4.78 is 5.99. The first-order chi connectivity index (χ1) is 9.24. The van der Waals surface area contributed by atoms with Crippen LogP contribution < -0.4 is 5.43 Å². The van der Waals surface area contributed by atoms with E-state index in [9.17, 15) is 0 Å². The Kier molecular flexibility index (Phi) is 4.13. The Bertz CT molecular complexity index is 296. The van der Waals surface area contributed by atoms with Gasteiger partial charge in [-0.05, 0) is 33.2 Å². The van der Waals surface area contributed by atoms with Crippen molar-refractivity contribution in [1.82, 2.24) is 15.3 Å². The Morgan fingerprint density at radius 2 is 1.84 bits per heavy atom. The normalized spacial score (nSPS) is 35.7. The third kappa shape index (κ3) is 2.56. The van der Waals surface area contributed by atoms with E-state index in [4.69, 9.17) is 4.74 Å². The van der Waals surface area contributed by atoms with Crippen LogP contribution in [0.25, 0.3) is 0 Å². The maximum absolute atomic E-state index is 5.99. The molecule has 2 saturated carbocycles. The predicted octanol–water partition coefficient (Wildman–Crippen LogP) is 1.48. The van der Waals surface area contributed by atoms with Crippen molar-refractivity contribution in [3.63, 3.8) is 0 Å². The first kappa shape index (κ1) is 13.8. The molecule has 1 N–H and O–H groups in total. The molecule has 1 saturated heterocycles. The molecule has 0 aromatic carbocycles. The third-order valence-corrected chi connectivity index (χ3v) is 5.53. The molecule has 2 unspecified atom stereocenters. The maximum Gasteiger partial charge on any atom is 0.0662 e. The van der Waals surface area contributed by atoms with Gasteiger partial charge in [0, 0.05) is 44.2 Å². The van der Waals surface area contributed by atoms with E-state index in [1.54, 1.807) is 0 Å². The molecule has 110 valence electrons. The lowest BCUT2D eigenvalue weighted by atomic mass is 9.61. The standard InChI is InChI=1S/C15H29N3O/c1-3-19-14-12-13(15(14)6-4-5-7-15)16-18-10-8-17(2)9-11-18/h13-14,16H,3-12H2,1-2H3. The lowest BCUT2D eigenvalue weighted by Gasteiger charge is -2.55. The summed E-state index contributed by atoms with van der Waals surface area (Å²) in [5, 5.41) is 2.45. The van der Waals surface area contributed by atoms with Gasteiger partial charge in [-0.25, -0.2) is 5.01 Å². The summed E-state index contributed by atoms with van der Waals surface area (Å²) in [6.07, 6.45) is 7.24. The Morgan fingerprint density at radius 1 is 1.16 bits per heavy atom. The molecule has 3 aliphatic rings. The van der Waals surface area contributed by atoms with Gasteiger partial charge in [0.1, 0.15) is 0 Å². The molecule has 4 nitrogen and oxygen atoms in total. The summed E-state index contributed by atoms with van der Waals surface area (Å²) in [6.45, 7) is 7.67. The van der Waals surface area contributed by atoms with Crippen molar-refractivity contribution in [3.05, 3.63) is 0 Å². The van der Waals surface area contributed by atoms with Crippen LogP contribution in [0.1, 0.15) is 39.0 Å². The number of nitrogens with zero attached hydrogens (tertiary/aromatic N) is 2. The van der Waals surface area contributed by atoms with E-state index in [1.165, 1.54) is 45.2 Å². The van der Waals surface area contributed by atoms with E-state index in [-0.39, 0.29) is 0 Å². The van der Waals surface area contributed by atoms with Gasteiger partial charge in [0.15, 0.2) is 0 Å². The minimum Gasteiger partial charge on any atom is -0.378 e. The zero-order valence-electron chi connectivity index (χ0n) is 12.5. The van der Waals surface area contributed by atoms with Crippen molar-refractivity contribution in [2.45, 2.75) is 51.2 Å². The highest BCUT2D eigenvalue weighted by molar-refractivity contribution is 5.09. The van der Waals surface area contributed by atoms with Crippen molar-refractivity contribution >= 4 is 0 Å². The fraction of sp³-hybridized carbons (Fsp3) is 1.00. The molecule has 2 atom stereocenters. The van der Waals surface area contributed by atoms with E-state index in [2.05, 4.69) is 29.3 Å². The number of nitrogens with one attached hydrogen (secondary N) is 1. The minimum atomic E-state index is 0.458. The lowest BCUT2D eigenvalue weighted by Crippen LogP contribution is -2.67. The largest absolute Gasteiger partial charge is 0.378 e. The molecule has 3 rings (SSSR count). The van der Waals surface area contributed by atoms with E-state index in [0.29, 0.717) is 17.6 Å². The Labute approximate surface area is 117 Å². The Hall–Kier alpha value is -0.160. The van der Waals surface area contributed by atoms with Crippen LogP contribution in [-0.2, 0) is 4.74 Å². The zero-order valence-corrected chi connectivity index (χ0v) is 12.5. The number of ether oxygens (including phenoxy) is 1. The number of hydrogen-bond acceptors (Lipinski definition) is 4. The van der Waals surface area contributed by atoms with Crippen LogP contribution in [0.5, 0.6) is 0 Å². The SMILES string of the molecule is CCOC1CC(NN2CCN(C)CC2)C12CCCC2. The van der Waals surface area contributed by atoms with Gasteiger partial charge in [-0.3, -0.25) is 5.43 Å². The number of likely N-dealkylation sites (N-methyl/N-ethyl adjacent to an activating group) is 1. The first-order valence-electron chi connectivity index (χ1n) is 8.06. The van der Waals surface area contributed by atoms with Crippen LogP contribution in [0.2, 0.25) is 0 Å². The molecule has 1 heterocycles. The topological polar surface area (TPSA) is 27.7 Å². The van der Waals surface area contributed by atoms with Crippen molar-refractivity contribution < 1.29 is 4.74 Å². The summed E-state index contributed by atoms with van der Waals surface area (Å²) >= 11 is 0. The second kappa shape index (κ2) is 5.68. The van der Waals surface area contributed by atoms with Crippen molar-refractivity contribution in [2.75, 3.05) is 39.8 Å². The van der Waals surface area contributed by atoms with Crippen LogP contribution in [-0.4, -0.2) is 61.9 Å². The molecule has 0 bridgehead atoms. The molecule has 19 heavy (non-hydrogen) atoms. The summed E-state index contributed by atoms with van der Waals surface area (Å²) in [5.74, 6) is 0. The van der Waals surface area contributed by atoms with Gasteiger partial charge in [-0.1, -0.05) is 12.8 Å². The zero-order chi connectivity index (χ0) is 13.3. The summed E-state index contributed by atoms with van der Waals surface area (Å²) in [4.78, 5) is 2.41. The number of hydrogen-bond donors (Lipinski definition) is 1. The predicted molar refractivity (Wildman–Crippen MR) is 76.9 cm³/mol. The fourth-order valence-electron chi connectivity index (χ4n) is 4.22.